The average molecular weight is 511 g/mol. The monoisotopic (exact) mass is 510 g/mol. The topological polar surface area (TPSA) is 76.0 Å². The summed E-state index contributed by atoms with van der Waals surface area (Å²) in [5.74, 6) is 0.594. The maximum Gasteiger partial charge on any atom is 0.233 e. The zero-order valence-corrected chi connectivity index (χ0v) is 21.4. The lowest BCUT2D eigenvalue weighted by molar-refractivity contribution is -0.118. The minimum Gasteiger partial charge on any atom is -0.326 e. The van der Waals surface area contributed by atoms with Crippen LogP contribution in [0.3, 0.4) is 0 Å². The Balaban J connectivity index is 1.38. The Hall–Kier alpha value is -2.77. The molecule has 2 amide bonds. The second kappa shape index (κ2) is 12.3. The molecule has 184 valence electrons. The van der Waals surface area contributed by atoms with Crippen molar-refractivity contribution in [2.75, 3.05) is 16.9 Å². The summed E-state index contributed by atoms with van der Waals surface area (Å²) in [6.45, 7) is 0.422. The molecule has 1 saturated carbocycles. The summed E-state index contributed by atoms with van der Waals surface area (Å²) >= 11 is 8.06. The molecular weight excluding hydrogens is 480 g/mol. The molecule has 3 aromatic rings. The van der Waals surface area contributed by atoms with E-state index in [9.17, 15) is 9.59 Å². The highest BCUT2D eigenvalue weighted by molar-refractivity contribution is 7.98. The number of nitrogens with one attached hydrogen (secondary N) is 2. The molecule has 4 rings (SSSR count). The Morgan fingerprint density at radius 3 is 2.60 bits per heavy atom. The van der Waals surface area contributed by atoms with Crippen molar-refractivity contribution in [3.8, 4) is 0 Å². The first kappa shape index (κ1) is 25.3. The van der Waals surface area contributed by atoms with Crippen molar-refractivity contribution in [2.24, 2.45) is 5.92 Å². The van der Waals surface area contributed by atoms with Crippen LogP contribution in [0.4, 0.5) is 11.5 Å². The Kier molecular flexibility index (Phi) is 8.88. The first-order valence-electron chi connectivity index (χ1n) is 12.0. The molecule has 0 aliphatic heterocycles. The van der Waals surface area contributed by atoms with Crippen molar-refractivity contribution in [1.82, 2.24) is 9.78 Å². The molecule has 8 heteroatoms. The van der Waals surface area contributed by atoms with E-state index in [0.29, 0.717) is 23.3 Å². The van der Waals surface area contributed by atoms with Gasteiger partial charge in [0.05, 0.1) is 10.9 Å². The molecule has 1 unspecified atom stereocenters. The third-order valence-electron chi connectivity index (χ3n) is 6.46. The number of benzene rings is 2. The summed E-state index contributed by atoms with van der Waals surface area (Å²) in [4.78, 5) is 26.6. The second-order valence-corrected chi connectivity index (χ2v) is 10.2. The minimum atomic E-state index is -0.284. The number of amides is 2. The van der Waals surface area contributed by atoms with E-state index in [4.69, 9.17) is 11.6 Å². The van der Waals surface area contributed by atoms with Crippen LogP contribution in [0, 0.1) is 5.92 Å². The van der Waals surface area contributed by atoms with Crippen LogP contribution in [0.1, 0.15) is 50.0 Å². The molecule has 0 spiro atoms. The zero-order chi connectivity index (χ0) is 24.6. The second-order valence-electron chi connectivity index (χ2n) is 8.95. The van der Waals surface area contributed by atoms with E-state index in [1.807, 2.05) is 54.8 Å². The number of thioether (sulfide) groups is 1. The summed E-state index contributed by atoms with van der Waals surface area (Å²) in [7, 11) is 0. The number of carbonyl (C=O) groups excluding carboxylic acids is 2. The van der Waals surface area contributed by atoms with Gasteiger partial charge in [-0.05, 0) is 48.4 Å². The van der Waals surface area contributed by atoms with E-state index >= 15 is 0 Å². The quantitative estimate of drug-likeness (QED) is 0.302. The van der Waals surface area contributed by atoms with Gasteiger partial charge in [-0.2, -0.15) is 5.10 Å². The lowest BCUT2D eigenvalue weighted by Gasteiger charge is -2.21. The lowest BCUT2D eigenvalue weighted by atomic mass is 9.87. The zero-order valence-electron chi connectivity index (χ0n) is 19.9. The van der Waals surface area contributed by atoms with E-state index in [2.05, 4.69) is 15.7 Å². The SMILES string of the molecule is CSc1ccc(C(CC2CCCC2)C(=O)Nc2ccn(CCC(=O)Nc3ccccc3)n2)cc1Cl. The standard InChI is InChI=1S/C27H31ClN4O2S/c1-35-24-12-11-20(18-23(24)28)22(17-19-7-5-6-8-19)27(34)30-25-13-15-32(31-25)16-14-26(33)29-21-9-3-2-4-10-21/h2-4,9-13,15,18-19,22H,5-8,14,16-17H2,1H3,(H,29,33)(H,30,31,34). The van der Waals surface area contributed by atoms with Crippen LogP contribution in [-0.2, 0) is 16.1 Å². The van der Waals surface area contributed by atoms with Crippen molar-refractivity contribution >= 4 is 46.7 Å². The lowest BCUT2D eigenvalue weighted by Crippen LogP contribution is -2.23. The molecule has 1 heterocycles. The van der Waals surface area contributed by atoms with Gasteiger partial charge in [0.2, 0.25) is 11.8 Å². The normalized spacial score (nSPS) is 14.6. The van der Waals surface area contributed by atoms with Gasteiger partial charge in [-0.15, -0.1) is 11.8 Å². The molecule has 35 heavy (non-hydrogen) atoms. The molecule has 1 aromatic heterocycles. The predicted octanol–water partition coefficient (Wildman–Crippen LogP) is 6.59. The summed E-state index contributed by atoms with van der Waals surface area (Å²) in [5, 5.41) is 11.0. The highest BCUT2D eigenvalue weighted by Gasteiger charge is 2.27. The van der Waals surface area contributed by atoms with E-state index in [1.54, 1.807) is 28.7 Å². The van der Waals surface area contributed by atoms with Crippen molar-refractivity contribution in [1.29, 1.82) is 0 Å². The van der Waals surface area contributed by atoms with Crippen LogP contribution in [0.5, 0.6) is 0 Å². The highest BCUT2D eigenvalue weighted by atomic mass is 35.5. The Morgan fingerprint density at radius 1 is 1.11 bits per heavy atom. The van der Waals surface area contributed by atoms with Gasteiger partial charge in [0.25, 0.3) is 0 Å². The number of nitrogens with zero attached hydrogens (tertiary/aromatic N) is 2. The largest absolute Gasteiger partial charge is 0.326 e. The van der Waals surface area contributed by atoms with E-state index in [0.717, 1.165) is 22.6 Å². The molecule has 2 N–H and O–H groups in total. The van der Waals surface area contributed by atoms with Crippen LogP contribution < -0.4 is 10.6 Å². The van der Waals surface area contributed by atoms with Crippen LogP contribution >= 0.6 is 23.4 Å². The molecule has 1 atom stereocenters. The summed E-state index contributed by atoms with van der Waals surface area (Å²) in [6.07, 6.45) is 9.66. The van der Waals surface area contributed by atoms with Gasteiger partial charge in [0, 0.05) is 35.8 Å². The van der Waals surface area contributed by atoms with Crippen LogP contribution in [-0.4, -0.2) is 27.9 Å². The molecular formula is C27H31ClN4O2S. The predicted molar refractivity (Wildman–Crippen MR) is 143 cm³/mol. The fourth-order valence-corrected chi connectivity index (χ4v) is 5.48. The number of rotatable bonds is 10. The molecule has 2 aromatic carbocycles. The molecule has 1 fully saturated rings. The number of para-hydroxylation sites is 1. The van der Waals surface area contributed by atoms with Crippen LogP contribution in [0.25, 0.3) is 0 Å². The first-order chi connectivity index (χ1) is 17.0. The third-order valence-corrected chi connectivity index (χ3v) is 7.68. The summed E-state index contributed by atoms with van der Waals surface area (Å²) in [6, 6.07) is 17.1. The Bertz CT molecular complexity index is 1150. The van der Waals surface area contributed by atoms with Crippen molar-refractivity contribution in [2.45, 2.75) is 55.9 Å². The highest BCUT2D eigenvalue weighted by Crippen LogP contribution is 2.37. The fraction of sp³-hybridized carbons (Fsp3) is 0.370. The van der Waals surface area contributed by atoms with Crippen LogP contribution in [0.15, 0.2) is 65.7 Å². The van der Waals surface area contributed by atoms with E-state index < -0.39 is 0 Å². The van der Waals surface area contributed by atoms with Gasteiger partial charge in [-0.1, -0.05) is 61.5 Å². The number of anilines is 2. The number of aryl methyl sites for hydroxylation is 1. The first-order valence-corrected chi connectivity index (χ1v) is 13.6. The van der Waals surface area contributed by atoms with Gasteiger partial charge < -0.3 is 10.6 Å². The molecule has 0 saturated heterocycles. The molecule has 1 aliphatic rings. The average Bonchev–Trinajstić information content (AvgIpc) is 3.54. The van der Waals surface area contributed by atoms with E-state index in [-0.39, 0.29) is 24.2 Å². The third kappa shape index (κ3) is 7.12. The van der Waals surface area contributed by atoms with Crippen LogP contribution in [0.2, 0.25) is 5.02 Å². The van der Waals surface area contributed by atoms with E-state index in [1.165, 1.54) is 25.7 Å². The Morgan fingerprint density at radius 2 is 1.89 bits per heavy atom. The van der Waals surface area contributed by atoms with Gasteiger partial charge in [-0.3, -0.25) is 14.3 Å². The van der Waals surface area contributed by atoms with Gasteiger partial charge >= 0.3 is 0 Å². The number of hydrogen-bond donors (Lipinski definition) is 2. The minimum absolute atomic E-state index is 0.0723. The van der Waals surface area contributed by atoms with Crippen molar-refractivity contribution in [3.05, 3.63) is 71.4 Å². The smallest absolute Gasteiger partial charge is 0.233 e. The number of halogens is 1. The van der Waals surface area contributed by atoms with Gasteiger partial charge in [-0.25, -0.2) is 0 Å². The Labute approximate surface area is 215 Å². The molecule has 1 aliphatic carbocycles. The fourth-order valence-electron chi connectivity index (χ4n) is 4.60. The summed E-state index contributed by atoms with van der Waals surface area (Å²) in [5.41, 5.74) is 1.71. The van der Waals surface area contributed by atoms with Gasteiger partial charge in [0.1, 0.15) is 0 Å². The summed E-state index contributed by atoms with van der Waals surface area (Å²) < 4.78 is 1.68. The number of hydrogen-bond acceptors (Lipinski definition) is 4. The van der Waals surface area contributed by atoms with Crippen molar-refractivity contribution < 1.29 is 9.59 Å². The molecule has 0 bridgehead atoms. The molecule has 6 nitrogen and oxygen atoms in total. The number of carbonyl (C=O) groups is 2. The maximum atomic E-state index is 13.4. The van der Waals surface area contributed by atoms with Crippen molar-refractivity contribution in [3.63, 3.8) is 0 Å². The maximum absolute atomic E-state index is 13.4. The van der Waals surface area contributed by atoms with Gasteiger partial charge in [0.15, 0.2) is 5.82 Å². The number of aromatic nitrogens is 2. The molecule has 0 radical (unpaired) electrons.